The molecule has 0 saturated heterocycles. The summed E-state index contributed by atoms with van der Waals surface area (Å²) in [6.45, 7) is 3.56. The average molecular weight is 339 g/mol. The monoisotopic (exact) mass is 339 g/mol. The van der Waals surface area contributed by atoms with Crippen LogP contribution >= 0.6 is 11.3 Å². The van der Waals surface area contributed by atoms with Crippen molar-refractivity contribution in [3.8, 4) is 0 Å². The first-order valence-electron chi connectivity index (χ1n) is 6.57. The van der Waals surface area contributed by atoms with E-state index in [-0.39, 0.29) is 17.1 Å². The molecule has 0 fully saturated rings. The van der Waals surface area contributed by atoms with E-state index in [9.17, 15) is 13.2 Å². The van der Waals surface area contributed by atoms with Gasteiger partial charge in [0.2, 0.25) is 10.0 Å². The molecule has 0 aliphatic carbocycles. The lowest BCUT2D eigenvalue weighted by Crippen LogP contribution is -2.26. The highest BCUT2D eigenvalue weighted by atomic mass is 32.2. The summed E-state index contributed by atoms with van der Waals surface area (Å²) < 4.78 is 24.7. The predicted octanol–water partition coefficient (Wildman–Crippen LogP) is 2.31. The number of benzene rings is 1. The first-order chi connectivity index (χ1) is 10.3. The average Bonchev–Trinajstić information content (AvgIpc) is 2.78. The molecule has 1 heterocycles. The molecule has 1 amide bonds. The number of aromatic nitrogens is 1. The van der Waals surface area contributed by atoms with Crippen LogP contribution in [-0.4, -0.2) is 25.6 Å². The molecule has 6 nitrogen and oxygen atoms in total. The molecule has 2 N–H and O–H groups in total. The Kier molecular flexibility index (Phi) is 4.82. The zero-order valence-electron chi connectivity index (χ0n) is 12.5. The molecule has 8 heteroatoms. The number of hydrogen-bond acceptors (Lipinski definition) is 5. The smallest absolute Gasteiger partial charge is 0.263 e. The molecule has 0 bridgehead atoms. The van der Waals surface area contributed by atoms with Gasteiger partial charge in [-0.1, -0.05) is 41.7 Å². The number of aryl methyl sites for hydroxylation is 1. The number of carbonyl (C=O) groups is 1. The maximum Gasteiger partial charge on any atom is 0.263 e. The molecule has 0 spiro atoms. The van der Waals surface area contributed by atoms with Crippen molar-refractivity contribution in [1.82, 2.24) is 10.3 Å². The Bertz CT molecular complexity index is 770. The van der Waals surface area contributed by atoms with Gasteiger partial charge < -0.3 is 5.32 Å². The summed E-state index contributed by atoms with van der Waals surface area (Å²) in [6.07, 6.45) is 1.04. The van der Waals surface area contributed by atoms with Gasteiger partial charge in [-0.2, -0.15) is 0 Å². The van der Waals surface area contributed by atoms with Crippen LogP contribution in [-0.2, 0) is 10.0 Å². The van der Waals surface area contributed by atoms with Crippen molar-refractivity contribution in [2.75, 3.05) is 11.0 Å². The fourth-order valence-electron chi connectivity index (χ4n) is 1.90. The van der Waals surface area contributed by atoms with E-state index >= 15 is 0 Å². The Hall–Kier alpha value is -1.93. The number of rotatable bonds is 5. The van der Waals surface area contributed by atoms with E-state index in [2.05, 4.69) is 15.0 Å². The van der Waals surface area contributed by atoms with E-state index in [0.29, 0.717) is 10.6 Å². The molecule has 22 heavy (non-hydrogen) atoms. The second-order valence-corrected chi connectivity index (χ2v) is 7.66. The van der Waals surface area contributed by atoms with Crippen molar-refractivity contribution in [2.24, 2.45) is 0 Å². The molecule has 0 aliphatic rings. The molecule has 1 aromatic carbocycles. The highest BCUT2D eigenvalue weighted by Crippen LogP contribution is 2.24. The number of thiazole rings is 1. The summed E-state index contributed by atoms with van der Waals surface area (Å²) in [6, 6.07) is 9.44. The Balaban J connectivity index is 2.13. The van der Waals surface area contributed by atoms with Crippen molar-refractivity contribution < 1.29 is 13.2 Å². The summed E-state index contributed by atoms with van der Waals surface area (Å²) >= 11 is 1.02. The molecule has 0 saturated carbocycles. The van der Waals surface area contributed by atoms with Crippen molar-refractivity contribution in [2.45, 2.75) is 19.9 Å². The predicted molar refractivity (Wildman–Crippen MR) is 87.6 cm³/mol. The molecule has 2 rings (SSSR count). The van der Waals surface area contributed by atoms with E-state index in [1.807, 2.05) is 37.3 Å². The van der Waals surface area contributed by atoms with E-state index < -0.39 is 10.0 Å². The highest BCUT2D eigenvalue weighted by Gasteiger charge is 2.18. The summed E-state index contributed by atoms with van der Waals surface area (Å²) in [5.41, 5.74) is 1.49. The molecular weight excluding hydrogens is 322 g/mol. The molecule has 1 atom stereocenters. The maximum atomic E-state index is 12.3. The molecule has 0 radical (unpaired) electrons. The number of amides is 1. The highest BCUT2D eigenvalue weighted by molar-refractivity contribution is 7.92. The number of carbonyl (C=O) groups excluding carboxylic acids is 1. The van der Waals surface area contributed by atoms with Gasteiger partial charge in [0.25, 0.3) is 5.91 Å². The number of hydrogen-bond donors (Lipinski definition) is 2. The van der Waals surface area contributed by atoms with Crippen LogP contribution in [0, 0.1) is 6.92 Å². The van der Waals surface area contributed by atoms with Crippen LogP contribution in [0.2, 0.25) is 0 Å². The van der Waals surface area contributed by atoms with Gasteiger partial charge in [0, 0.05) is 0 Å². The van der Waals surface area contributed by atoms with Crippen molar-refractivity contribution in [3.63, 3.8) is 0 Å². The lowest BCUT2D eigenvalue weighted by molar-refractivity contribution is 0.0943. The third kappa shape index (κ3) is 4.28. The van der Waals surface area contributed by atoms with Gasteiger partial charge in [-0.25, -0.2) is 13.4 Å². The topological polar surface area (TPSA) is 88.2 Å². The summed E-state index contributed by atoms with van der Waals surface area (Å²) in [7, 11) is -3.41. The molecule has 0 unspecified atom stereocenters. The number of nitrogens with one attached hydrogen (secondary N) is 2. The minimum atomic E-state index is -3.41. The van der Waals surface area contributed by atoms with Gasteiger partial charge in [0.05, 0.1) is 18.0 Å². The van der Waals surface area contributed by atoms with Crippen LogP contribution < -0.4 is 10.0 Å². The molecule has 118 valence electrons. The van der Waals surface area contributed by atoms with Crippen LogP contribution in [0.15, 0.2) is 30.3 Å². The van der Waals surface area contributed by atoms with Crippen LogP contribution in [0.1, 0.15) is 33.9 Å². The van der Waals surface area contributed by atoms with Gasteiger partial charge in [0.1, 0.15) is 4.88 Å². The van der Waals surface area contributed by atoms with Crippen molar-refractivity contribution in [1.29, 1.82) is 0 Å². The minimum Gasteiger partial charge on any atom is -0.345 e. The number of nitrogens with zero attached hydrogens (tertiary/aromatic N) is 1. The summed E-state index contributed by atoms with van der Waals surface area (Å²) in [5, 5.41) is 3.08. The fourth-order valence-corrected chi connectivity index (χ4v) is 3.60. The third-order valence-electron chi connectivity index (χ3n) is 2.92. The zero-order chi connectivity index (χ0) is 16.3. The second-order valence-electron chi connectivity index (χ2n) is 4.91. The SMILES string of the molecule is Cc1nc(NS(C)(=O)=O)sc1C(=O)N[C@H](C)c1ccccc1. The normalized spacial score (nSPS) is 12.7. The molecular formula is C14H17N3O3S2. The van der Waals surface area contributed by atoms with E-state index in [0.717, 1.165) is 23.2 Å². The quantitative estimate of drug-likeness (QED) is 0.875. The van der Waals surface area contributed by atoms with Gasteiger partial charge in [0.15, 0.2) is 5.13 Å². The second kappa shape index (κ2) is 6.45. The van der Waals surface area contributed by atoms with E-state index in [1.165, 1.54) is 0 Å². The summed E-state index contributed by atoms with van der Waals surface area (Å²) in [4.78, 5) is 16.8. The van der Waals surface area contributed by atoms with Crippen molar-refractivity contribution >= 4 is 32.4 Å². The Labute approximate surface area is 133 Å². The maximum absolute atomic E-state index is 12.3. The van der Waals surface area contributed by atoms with Crippen LogP contribution in [0.4, 0.5) is 5.13 Å². The molecule has 1 aromatic heterocycles. The molecule has 2 aromatic rings. The zero-order valence-corrected chi connectivity index (χ0v) is 14.1. The van der Waals surface area contributed by atoms with Gasteiger partial charge in [-0.3, -0.25) is 9.52 Å². The van der Waals surface area contributed by atoms with Crippen LogP contribution in [0.3, 0.4) is 0 Å². The minimum absolute atomic E-state index is 0.151. The van der Waals surface area contributed by atoms with Gasteiger partial charge in [-0.05, 0) is 19.4 Å². The van der Waals surface area contributed by atoms with E-state index in [4.69, 9.17) is 0 Å². The fraction of sp³-hybridized carbons (Fsp3) is 0.286. The van der Waals surface area contributed by atoms with Crippen LogP contribution in [0.25, 0.3) is 0 Å². The van der Waals surface area contributed by atoms with Crippen LogP contribution in [0.5, 0.6) is 0 Å². The molecule has 0 aliphatic heterocycles. The lowest BCUT2D eigenvalue weighted by atomic mass is 10.1. The number of anilines is 1. The first kappa shape index (κ1) is 16.4. The third-order valence-corrected chi connectivity index (χ3v) is 4.69. The van der Waals surface area contributed by atoms with Gasteiger partial charge >= 0.3 is 0 Å². The van der Waals surface area contributed by atoms with Crippen molar-refractivity contribution in [3.05, 3.63) is 46.5 Å². The lowest BCUT2D eigenvalue weighted by Gasteiger charge is -2.13. The standard InChI is InChI=1S/C14H17N3O3S2/c1-9(11-7-5-4-6-8-11)15-13(18)12-10(2)16-14(21-12)17-22(3,19)20/h4-9H,1-3H3,(H,15,18)(H,16,17)/t9-/m1/s1. The largest absolute Gasteiger partial charge is 0.345 e. The Morgan fingerprint density at radius 3 is 2.50 bits per heavy atom. The Morgan fingerprint density at radius 1 is 1.27 bits per heavy atom. The Morgan fingerprint density at radius 2 is 1.91 bits per heavy atom. The first-order valence-corrected chi connectivity index (χ1v) is 9.28. The summed E-state index contributed by atoms with van der Waals surface area (Å²) in [5.74, 6) is -0.270. The van der Waals surface area contributed by atoms with E-state index in [1.54, 1.807) is 6.92 Å². The van der Waals surface area contributed by atoms with Gasteiger partial charge in [-0.15, -0.1) is 0 Å². The number of sulfonamides is 1.